The van der Waals surface area contributed by atoms with Crippen molar-refractivity contribution in [1.29, 1.82) is 0 Å². The van der Waals surface area contributed by atoms with Crippen LogP contribution in [0.3, 0.4) is 0 Å². The molecule has 2 aromatic heterocycles. The fourth-order valence-corrected chi connectivity index (χ4v) is 3.12. The molecular weight excluding hydrogens is 292 g/mol. The van der Waals surface area contributed by atoms with E-state index in [1.165, 1.54) is 6.42 Å². The van der Waals surface area contributed by atoms with Crippen LogP contribution in [0.2, 0.25) is 0 Å². The predicted molar refractivity (Wildman–Crippen MR) is 89.3 cm³/mol. The van der Waals surface area contributed by atoms with Crippen molar-refractivity contribution in [3.05, 3.63) is 17.8 Å². The summed E-state index contributed by atoms with van der Waals surface area (Å²) in [7, 11) is 0. The maximum Gasteiger partial charge on any atom is 0.229 e. The van der Waals surface area contributed by atoms with Crippen molar-refractivity contribution in [2.75, 3.05) is 5.32 Å². The number of fused-ring (bicyclic) bond motifs is 1. The van der Waals surface area contributed by atoms with E-state index in [1.807, 2.05) is 19.1 Å². The van der Waals surface area contributed by atoms with Gasteiger partial charge in [-0.15, -0.1) is 0 Å². The molecule has 0 atom stereocenters. The summed E-state index contributed by atoms with van der Waals surface area (Å²) < 4.78 is 2.06. The summed E-state index contributed by atoms with van der Waals surface area (Å²) in [6.45, 7) is 7.36. The minimum atomic E-state index is -1.05. The van der Waals surface area contributed by atoms with E-state index < -0.39 is 5.60 Å². The monoisotopic (exact) mass is 316 g/mol. The molecule has 2 aromatic rings. The molecule has 0 spiro atoms. The summed E-state index contributed by atoms with van der Waals surface area (Å²) in [5.74, 6) is 0.281. The molecule has 0 saturated heterocycles. The summed E-state index contributed by atoms with van der Waals surface area (Å²) in [5.41, 5.74) is 1.41. The van der Waals surface area contributed by atoms with Crippen LogP contribution in [0.5, 0.6) is 0 Å². The minimum Gasteiger partial charge on any atom is -0.390 e. The lowest BCUT2D eigenvalue weighted by Gasteiger charge is -2.40. The second-order valence-corrected chi connectivity index (χ2v) is 7.45. The van der Waals surface area contributed by atoms with Gasteiger partial charge >= 0.3 is 0 Å². The van der Waals surface area contributed by atoms with Gasteiger partial charge in [0.05, 0.1) is 12.0 Å². The van der Waals surface area contributed by atoms with E-state index >= 15 is 0 Å². The van der Waals surface area contributed by atoms with Crippen LogP contribution >= 0.6 is 0 Å². The van der Waals surface area contributed by atoms with Crippen LogP contribution < -0.4 is 5.32 Å². The molecule has 1 amide bonds. The fraction of sp³-hybridized carbons (Fsp3) is 0.588. The number of aryl methyl sites for hydroxylation is 1. The highest BCUT2D eigenvalue weighted by molar-refractivity contribution is 5.91. The van der Waals surface area contributed by atoms with Gasteiger partial charge in [-0.2, -0.15) is 0 Å². The molecule has 6 nitrogen and oxygen atoms in total. The van der Waals surface area contributed by atoms with Gasteiger partial charge in [-0.05, 0) is 59.1 Å². The number of anilines is 1. The number of nitrogens with zero attached hydrogens (tertiary/aromatic N) is 3. The number of aromatic nitrogens is 3. The van der Waals surface area contributed by atoms with Crippen molar-refractivity contribution >= 4 is 23.0 Å². The molecule has 1 fully saturated rings. The molecule has 23 heavy (non-hydrogen) atoms. The smallest absolute Gasteiger partial charge is 0.229 e. The van der Waals surface area contributed by atoms with Crippen LogP contribution in [-0.2, 0) is 10.3 Å². The molecular formula is C17H24N4O2. The zero-order valence-electron chi connectivity index (χ0n) is 14.2. The lowest BCUT2D eigenvalue weighted by molar-refractivity contribution is -0.119. The molecule has 1 aliphatic rings. The van der Waals surface area contributed by atoms with E-state index in [9.17, 15) is 9.90 Å². The Morgan fingerprint density at radius 3 is 2.65 bits per heavy atom. The molecule has 2 N–H and O–H groups in total. The van der Waals surface area contributed by atoms with Crippen molar-refractivity contribution < 1.29 is 9.90 Å². The van der Waals surface area contributed by atoms with Crippen LogP contribution in [0.4, 0.5) is 5.95 Å². The first kappa shape index (κ1) is 15.9. The van der Waals surface area contributed by atoms with Crippen molar-refractivity contribution in [3.8, 4) is 0 Å². The number of amides is 1. The van der Waals surface area contributed by atoms with Gasteiger partial charge in [0.1, 0.15) is 5.52 Å². The highest BCUT2D eigenvalue weighted by Crippen LogP contribution is 2.42. The molecule has 124 valence electrons. The summed E-state index contributed by atoms with van der Waals surface area (Å²) >= 11 is 0. The predicted octanol–water partition coefficient (Wildman–Crippen LogP) is 2.74. The molecule has 0 radical (unpaired) electrons. The molecule has 2 heterocycles. The van der Waals surface area contributed by atoms with Crippen LogP contribution in [0.15, 0.2) is 12.1 Å². The number of pyridine rings is 1. The Kier molecular flexibility index (Phi) is 3.67. The number of hydrogen-bond donors (Lipinski definition) is 2. The summed E-state index contributed by atoms with van der Waals surface area (Å²) in [5, 5.41) is 12.7. The zero-order valence-corrected chi connectivity index (χ0v) is 14.2. The van der Waals surface area contributed by atoms with E-state index in [0.717, 1.165) is 29.7 Å². The number of nitrogens with one attached hydrogen (secondary N) is 1. The van der Waals surface area contributed by atoms with Gasteiger partial charge in [0.2, 0.25) is 11.9 Å². The molecule has 1 saturated carbocycles. The maximum atomic E-state index is 12.2. The number of carbonyl (C=O) groups is 1. The Balaban J connectivity index is 2.02. The lowest BCUT2D eigenvalue weighted by atomic mass is 9.78. The lowest BCUT2D eigenvalue weighted by Crippen LogP contribution is -2.39. The van der Waals surface area contributed by atoms with Gasteiger partial charge in [-0.1, -0.05) is 0 Å². The third kappa shape index (κ3) is 3.08. The average Bonchev–Trinajstić information content (AvgIpc) is 2.71. The number of aliphatic hydroxyl groups is 1. The molecule has 0 unspecified atom stereocenters. The first-order valence-corrected chi connectivity index (χ1v) is 8.07. The van der Waals surface area contributed by atoms with Crippen molar-refractivity contribution in [3.63, 3.8) is 0 Å². The Morgan fingerprint density at radius 2 is 2.09 bits per heavy atom. The zero-order chi connectivity index (χ0) is 16.8. The SMILES string of the molecule is Cc1ccc2nc(NC(=O)CC(C)(C)O)n(C3(C)CCC3)c2n1. The number of carbonyl (C=O) groups excluding carboxylic acids is 1. The molecule has 0 aliphatic heterocycles. The van der Waals surface area contributed by atoms with E-state index in [4.69, 9.17) is 0 Å². The van der Waals surface area contributed by atoms with Gasteiger partial charge in [0.15, 0.2) is 5.65 Å². The number of rotatable bonds is 4. The Morgan fingerprint density at radius 1 is 1.39 bits per heavy atom. The van der Waals surface area contributed by atoms with Crippen molar-refractivity contribution in [1.82, 2.24) is 14.5 Å². The highest BCUT2D eigenvalue weighted by atomic mass is 16.3. The number of hydrogen-bond acceptors (Lipinski definition) is 4. The fourth-order valence-electron chi connectivity index (χ4n) is 3.12. The summed E-state index contributed by atoms with van der Waals surface area (Å²) in [6.07, 6.45) is 3.28. The molecule has 3 rings (SSSR count). The second kappa shape index (κ2) is 5.30. The van der Waals surface area contributed by atoms with Gasteiger partial charge in [-0.25, -0.2) is 9.97 Å². The van der Waals surface area contributed by atoms with E-state index in [-0.39, 0.29) is 17.9 Å². The molecule has 0 aromatic carbocycles. The van der Waals surface area contributed by atoms with Gasteiger partial charge in [0.25, 0.3) is 0 Å². The quantitative estimate of drug-likeness (QED) is 0.909. The number of imidazole rings is 1. The van der Waals surface area contributed by atoms with E-state index in [1.54, 1.807) is 13.8 Å². The Bertz CT molecular complexity index is 754. The normalized spacial score (nSPS) is 17.1. The Hall–Kier alpha value is -1.95. The van der Waals surface area contributed by atoms with Gasteiger partial charge < -0.3 is 5.11 Å². The van der Waals surface area contributed by atoms with Crippen LogP contribution in [0, 0.1) is 6.92 Å². The third-order valence-corrected chi connectivity index (χ3v) is 4.46. The van der Waals surface area contributed by atoms with Crippen LogP contribution in [0.25, 0.3) is 11.2 Å². The largest absolute Gasteiger partial charge is 0.390 e. The van der Waals surface area contributed by atoms with Crippen molar-refractivity contribution in [2.24, 2.45) is 0 Å². The summed E-state index contributed by atoms with van der Waals surface area (Å²) in [6, 6.07) is 3.85. The maximum absolute atomic E-state index is 12.2. The summed E-state index contributed by atoms with van der Waals surface area (Å²) in [4.78, 5) is 21.4. The highest BCUT2D eigenvalue weighted by Gasteiger charge is 2.37. The first-order valence-electron chi connectivity index (χ1n) is 8.07. The Labute approximate surface area is 135 Å². The van der Waals surface area contributed by atoms with Gasteiger partial charge in [-0.3, -0.25) is 14.7 Å². The van der Waals surface area contributed by atoms with Gasteiger partial charge in [0, 0.05) is 11.2 Å². The van der Waals surface area contributed by atoms with E-state index in [0.29, 0.717) is 5.95 Å². The third-order valence-electron chi connectivity index (χ3n) is 4.46. The van der Waals surface area contributed by atoms with Crippen LogP contribution in [0.1, 0.15) is 52.1 Å². The molecule has 1 aliphatic carbocycles. The standard InChI is InChI=1S/C17H24N4O2/c1-11-6-7-12-14(18-11)21(17(4)8-5-9-17)15(19-12)20-13(22)10-16(2,3)23/h6-7,23H,5,8-10H2,1-4H3,(H,19,20,22). The first-order chi connectivity index (χ1) is 10.7. The van der Waals surface area contributed by atoms with Crippen molar-refractivity contribution in [2.45, 2.75) is 64.5 Å². The second-order valence-electron chi connectivity index (χ2n) is 7.45. The molecule has 6 heteroatoms. The van der Waals surface area contributed by atoms with E-state index in [2.05, 4.69) is 26.8 Å². The minimum absolute atomic E-state index is 0.0272. The molecule has 0 bridgehead atoms. The van der Waals surface area contributed by atoms with Crippen LogP contribution in [-0.4, -0.2) is 31.1 Å². The topological polar surface area (TPSA) is 80.0 Å². The average molecular weight is 316 g/mol.